The van der Waals surface area contributed by atoms with Crippen molar-refractivity contribution in [3.05, 3.63) is 24.8 Å². The first-order chi connectivity index (χ1) is 32.1. The summed E-state index contributed by atoms with van der Waals surface area (Å²) >= 11 is 1.14. The Bertz CT molecular complexity index is 2060. The van der Waals surface area contributed by atoms with Gasteiger partial charge in [-0.15, -0.1) is 0 Å². The Balaban J connectivity index is 1.29. The van der Waals surface area contributed by atoms with Gasteiger partial charge in [-0.05, 0) is 38.5 Å². The van der Waals surface area contributed by atoms with Crippen molar-refractivity contribution in [3.8, 4) is 0 Å². The molecule has 3 heterocycles. The Morgan fingerprint density at radius 1 is 0.882 bits per heavy atom. The van der Waals surface area contributed by atoms with Crippen molar-refractivity contribution in [1.82, 2.24) is 30.2 Å². The van der Waals surface area contributed by atoms with Crippen molar-refractivity contribution < 1.29 is 85.6 Å². The molecule has 1 fully saturated rings. The van der Waals surface area contributed by atoms with Gasteiger partial charge in [-0.2, -0.15) is 4.31 Å². The molecule has 11 N–H and O–H groups in total. The molecule has 25 nitrogen and oxygen atoms in total. The first-order valence-electron chi connectivity index (χ1n) is 22.4. The van der Waals surface area contributed by atoms with Crippen LogP contribution < -0.4 is 16.4 Å². The fourth-order valence-electron chi connectivity index (χ4n) is 6.75. The van der Waals surface area contributed by atoms with Gasteiger partial charge in [0.05, 0.1) is 19.5 Å². The number of imidazole rings is 1. The summed E-state index contributed by atoms with van der Waals surface area (Å²) in [6.45, 7) is 0.817. The second-order valence-corrected chi connectivity index (χ2v) is 22.1. The second-order valence-electron chi connectivity index (χ2n) is 16.7. The summed E-state index contributed by atoms with van der Waals surface area (Å²) in [5.74, 6) is -1.05. The first-order valence-corrected chi connectivity index (χ1v) is 27.9. The number of nitrogens with one attached hydrogen (secondary N) is 2. The lowest BCUT2D eigenvalue weighted by Gasteiger charge is -2.30. The number of nitrogens with two attached hydrogens (primary N) is 1. The van der Waals surface area contributed by atoms with Crippen LogP contribution in [-0.4, -0.2) is 134 Å². The third-order valence-corrected chi connectivity index (χ3v) is 14.5. The van der Waals surface area contributed by atoms with Crippen LogP contribution in [-0.2, 0) is 50.7 Å². The lowest BCUT2D eigenvalue weighted by Crippen LogP contribution is -2.46. The van der Waals surface area contributed by atoms with E-state index in [9.17, 15) is 57.9 Å². The van der Waals surface area contributed by atoms with Gasteiger partial charge in [0.15, 0.2) is 22.8 Å². The molecule has 29 heteroatoms. The van der Waals surface area contributed by atoms with Gasteiger partial charge < -0.3 is 56.0 Å². The highest BCUT2D eigenvalue weighted by atomic mass is 32.2. The van der Waals surface area contributed by atoms with Crippen LogP contribution in [0, 0.1) is 5.41 Å². The number of ether oxygens (including phenoxy) is 1. The maximum absolute atomic E-state index is 12.7. The summed E-state index contributed by atoms with van der Waals surface area (Å²) in [6.07, 6.45) is 12.2. The van der Waals surface area contributed by atoms with Crippen molar-refractivity contribution >= 4 is 69.1 Å². The molecule has 7 atom stereocenters. The number of aliphatic hydroxyl groups excluding tert-OH is 3. The molecule has 0 bridgehead atoms. The summed E-state index contributed by atoms with van der Waals surface area (Å²) < 4.78 is 62.4. The van der Waals surface area contributed by atoms with E-state index in [1.54, 1.807) is 0 Å². The van der Waals surface area contributed by atoms with E-state index >= 15 is 0 Å². The molecule has 1 saturated heterocycles. The molecule has 68 heavy (non-hydrogen) atoms. The van der Waals surface area contributed by atoms with Crippen molar-refractivity contribution in [2.24, 2.45) is 5.41 Å². The summed E-state index contributed by atoms with van der Waals surface area (Å²) in [5.41, 5.74) is 4.28. The molecular formula is C39H68N7O18P3S. The number of thioether (sulfide) groups is 1. The van der Waals surface area contributed by atoms with Crippen LogP contribution >= 0.6 is 35.2 Å². The zero-order valence-corrected chi connectivity index (χ0v) is 41.8. The maximum Gasteiger partial charge on any atom is 0.481 e. The van der Waals surface area contributed by atoms with E-state index in [4.69, 9.17) is 24.6 Å². The minimum absolute atomic E-state index is 0.0310. The molecule has 2 unspecified atom stereocenters. The quantitative estimate of drug-likeness (QED) is 0.0267. The van der Waals surface area contributed by atoms with Crippen molar-refractivity contribution in [3.63, 3.8) is 0 Å². The normalized spacial score (nSPS) is 20.1. The lowest BCUT2D eigenvalue weighted by atomic mass is 9.87. The zero-order chi connectivity index (χ0) is 50.4. The fraction of sp³-hybridized carbons (Fsp3) is 0.744. The molecule has 0 saturated carbocycles. The van der Waals surface area contributed by atoms with Gasteiger partial charge in [-0.25, -0.2) is 28.6 Å². The standard InChI is InChI=1S/C39H68N7O18P3S/c1-39(2,34(51)37(52)42-20-19-29(48)41-21-23-68-30(49)18-16-14-12-10-8-6-4-3-5-7-9-11-13-15-17-22-47)25-61-67(58,59)64-66(56,57)60-24-28-33(63-65(53,54)55)32(50)38(62-28)46-27-45-31-35(40)43-26-44-36(31)46/h5,7,26-28,32-34,38,47,50-51H,3-4,6,8-25H2,1-2H3,(H,41,48)(H,42,52)(H,56,57)(H,58,59)(H2,40,43,44)(H2,53,54,55)/b7-5-/t28-,32-,33-,34+,38-/m1/s1. The predicted molar refractivity (Wildman–Crippen MR) is 248 cm³/mol. The van der Waals surface area contributed by atoms with Gasteiger partial charge in [0.25, 0.3) is 0 Å². The third-order valence-electron chi connectivity index (χ3n) is 10.5. The molecule has 0 radical (unpaired) electrons. The Kier molecular flexibility index (Phi) is 25.9. The minimum atomic E-state index is -5.58. The number of amides is 2. The van der Waals surface area contributed by atoms with Gasteiger partial charge in [-0.1, -0.05) is 82.7 Å². The van der Waals surface area contributed by atoms with Crippen molar-refractivity contribution in [1.29, 1.82) is 0 Å². The molecule has 2 amide bonds. The predicted octanol–water partition coefficient (Wildman–Crippen LogP) is 3.67. The summed E-state index contributed by atoms with van der Waals surface area (Å²) in [4.78, 5) is 88.4. The maximum atomic E-state index is 12.7. The monoisotopic (exact) mass is 1050 g/mol. The van der Waals surface area contributed by atoms with E-state index < -0.39 is 84.6 Å². The molecular weight excluding hydrogens is 979 g/mol. The zero-order valence-electron chi connectivity index (χ0n) is 38.3. The Labute approximate surface area is 399 Å². The number of allylic oxidation sites excluding steroid dienone is 2. The number of nitrogens with zero attached hydrogens (tertiary/aromatic N) is 4. The third kappa shape index (κ3) is 22.1. The minimum Gasteiger partial charge on any atom is -0.396 e. The molecule has 3 rings (SSSR count). The lowest BCUT2D eigenvalue weighted by molar-refractivity contribution is -0.137. The highest BCUT2D eigenvalue weighted by molar-refractivity contribution is 8.13. The van der Waals surface area contributed by atoms with Gasteiger partial charge in [0.2, 0.25) is 11.8 Å². The van der Waals surface area contributed by atoms with Gasteiger partial charge in [0.1, 0.15) is 36.3 Å². The summed E-state index contributed by atoms with van der Waals surface area (Å²) in [6, 6.07) is 0. The summed E-state index contributed by atoms with van der Waals surface area (Å²) in [7, 11) is -16.4. The van der Waals surface area contributed by atoms with Crippen LogP contribution in [0.3, 0.4) is 0 Å². The number of carbonyl (C=O) groups is 3. The van der Waals surface area contributed by atoms with Gasteiger partial charge in [0, 0.05) is 43.7 Å². The van der Waals surface area contributed by atoms with Crippen molar-refractivity contribution in [2.45, 2.75) is 141 Å². The highest BCUT2D eigenvalue weighted by Crippen LogP contribution is 2.61. The molecule has 0 aromatic carbocycles. The number of rotatable bonds is 35. The van der Waals surface area contributed by atoms with Crippen molar-refractivity contribution in [2.75, 3.05) is 44.4 Å². The number of aromatic nitrogens is 4. The van der Waals surface area contributed by atoms with Crippen LogP contribution in [0.25, 0.3) is 11.2 Å². The number of fused-ring (bicyclic) bond motifs is 1. The average Bonchev–Trinajstić information content (AvgIpc) is 3.83. The van der Waals surface area contributed by atoms with E-state index in [0.29, 0.717) is 12.2 Å². The van der Waals surface area contributed by atoms with Crippen LogP contribution in [0.15, 0.2) is 24.8 Å². The van der Waals surface area contributed by atoms with Crippen LogP contribution in [0.2, 0.25) is 0 Å². The van der Waals surface area contributed by atoms with E-state index in [0.717, 1.165) is 86.8 Å². The second kappa shape index (κ2) is 29.6. The molecule has 0 aliphatic carbocycles. The smallest absolute Gasteiger partial charge is 0.396 e. The molecule has 1 aliphatic heterocycles. The number of anilines is 1. The SMILES string of the molecule is CC(C)(COP(=O)(O)OP(=O)(O)OC[C@H]1O[C@@H](n2cnc3c(N)ncnc32)[C@H](O)[C@@H]1OP(=O)(O)O)[C@@H](O)C(=O)NCCC(=O)NCCSC(=O)CCCCCCCCC/C=C\CCCCCCO. The van der Waals surface area contributed by atoms with Crippen LogP contribution in [0.5, 0.6) is 0 Å². The number of carbonyl (C=O) groups excluding carboxylic acids is 3. The first kappa shape index (κ1) is 59.6. The van der Waals surface area contributed by atoms with Crippen LogP contribution in [0.1, 0.15) is 116 Å². The van der Waals surface area contributed by atoms with E-state index in [2.05, 4.69) is 46.6 Å². The van der Waals surface area contributed by atoms with E-state index in [1.807, 2.05) is 0 Å². The van der Waals surface area contributed by atoms with Gasteiger partial charge in [-0.3, -0.25) is 32.5 Å². The Morgan fingerprint density at radius 3 is 2.15 bits per heavy atom. The van der Waals surface area contributed by atoms with E-state index in [1.165, 1.54) is 39.5 Å². The average molecular weight is 1050 g/mol. The number of hydrogen-bond acceptors (Lipinski definition) is 19. The fourth-order valence-corrected chi connectivity index (χ4v) is 10.3. The van der Waals surface area contributed by atoms with E-state index in [-0.39, 0.29) is 48.2 Å². The highest BCUT2D eigenvalue weighted by Gasteiger charge is 2.50. The number of phosphoric ester groups is 3. The number of unbranched alkanes of at least 4 members (excludes halogenated alkanes) is 11. The number of phosphoric acid groups is 3. The number of hydrogen-bond donors (Lipinski definition) is 10. The summed E-state index contributed by atoms with van der Waals surface area (Å²) in [5, 5.41) is 35.4. The molecule has 2 aromatic rings. The largest absolute Gasteiger partial charge is 0.481 e. The van der Waals surface area contributed by atoms with Crippen LogP contribution in [0.4, 0.5) is 5.82 Å². The Hall–Kier alpha value is -2.74. The number of nitrogen functional groups attached to an aromatic ring is 1. The molecule has 388 valence electrons. The Morgan fingerprint density at radius 2 is 1.50 bits per heavy atom. The molecule has 2 aromatic heterocycles. The van der Waals surface area contributed by atoms with Gasteiger partial charge >= 0.3 is 23.5 Å². The molecule has 0 spiro atoms. The molecule has 1 aliphatic rings. The number of aliphatic hydroxyl groups is 3. The topological polar surface area (TPSA) is 384 Å².